The molecule has 3 heteroatoms. The Labute approximate surface area is 99.3 Å². The molecular weight excluding hydrogens is 198 g/mol. The lowest BCUT2D eigenvalue weighted by molar-refractivity contribution is 0.253. The van der Waals surface area contributed by atoms with Crippen molar-refractivity contribution in [1.82, 2.24) is 15.5 Å². The smallest absolute Gasteiger partial charge is 0.0191 e. The molecule has 0 atom stereocenters. The third kappa shape index (κ3) is 3.89. The van der Waals surface area contributed by atoms with Gasteiger partial charge in [-0.25, -0.2) is 0 Å². The molecule has 2 fully saturated rings. The minimum absolute atomic E-state index is 0.886. The fraction of sp³-hybridized carbons (Fsp3) is 0.846. The summed E-state index contributed by atoms with van der Waals surface area (Å²) in [7, 11) is 0. The van der Waals surface area contributed by atoms with Gasteiger partial charge in [-0.15, -0.1) is 0 Å². The minimum atomic E-state index is 0.886. The number of rotatable bonds is 4. The Balaban J connectivity index is 1.66. The first-order valence-corrected chi connectivity index (χ1v) is 6.65. The molecule has 2 rings (SSSR count). The molecular formula is C13H25N3. The monoisotopic (exact) mass is 223 g/mol. The molecule has 2 saturated heterocycles. The largest absolute Gasteiger partial charge is 0.317 e. The second kappa shape index (κ2) is 6.38. The third-order valence-corrected chi connectivity index (χ3v) is 3.69. The van der Waals surface area contributed by atoms with Crippen LogP contribution in [0.25, 0.3) is 0 Å². The van der Waals surface area contributed by atoms with Crippen LogP contribution >= 0.6 is 0 Å². The minimum Gasteiger partial charge on any atom is -0.317 e. The topological polar surface area (TPSA) is 27.3 Å². The number of hydrogen-bond acceptors (Lipinski definition) is 3. The van der Waals surface area contributed by atoms with Crippen LogP contribution in [0.5, 0.6) is 0 Å². The van der Waals surface area contributed by atoms with Crippen molar-refractivity contribution in [1.29, 1.82) is 0 Å². The van der Waals surface area contributed by atoms with Crippen molar-refractivity contribution in [2.75, 3.05) is 45.8 Å². The first-order valence-electron chi connectivity index (χ1n) is 6.65. The maximum Gasteiger partial charge on any atom is 0.0191 e. The lowest BCUT2D eigenvalue weighted by Crippen LogP contribution is -2.44. The van der Waals surface area contributed by atoms with E-state index in [1.54, 1.807) is 0 Å². The Bertz CT molecular complexity index is 193. The standard InChI is InChI=1S/C13H25N3/c1-12(10-13-2-4-14-5-3-13)11-16-8-6-15-7-9-16/h13-15H,1-11H2. The van der Waals surface area contributed by atoms with Gasteiger partial charge in [-0.1, -0.05) is 12.2 Å². The molecule has 92 valence electrons. The zero-order chi connectivity index (χ0) is 11.2. The summed E-state index contributed by atoms with van der Waals surface area (Å²) in [5, 5.41) is 6.81. The van der Waals surface area contributed by atoms with Crippen LogP contribution in [0.3, 0.4) is 0 Å². The van der Waals surface area contributed by atoms with Crippen molar-refractivity contribution in [3.63, 3.8) is 0 Å². The van der Waals surface area contributed by atoms with Crippen LogP contribution in [-0.4, -0.2) is 50.7 Å². The van der Waals surface area contributed by atoms with E-state index >= 15 is 0 Å². The summed E-state index contributed by atoms with van der Waals surface area (Å²) in [5.74, 6) is 0.886. The van der Waals surface area contributed by atoms with Crippen molar-refractivity contribution in [2.45, 2.75) is 19.3 Å². The Morgan fingerprint density at radius 1 is 1.06 bits per heavy atom. The zero-order valence-electron chi connectivity index (χ0n) is 10.3. The van der Waals surface area contributed by atoms with E-state index in [2.05, 4.69) is 22.1 Å². The molecule has 16 heavy (non-hydrogen) atoms. The van der Waals surface area contributed by atoms with Crippen molar-refractivity contribution >= 4 is 0 Å². The molecule has 0 aromatic heterocycles. The van der Waals surface area contributed by atoms with Gasteiger partial charge in [-0.2, -0.15) is 0 Å². The Kier molecular flexibility index (Phi) is 4.82. The SMILES string of the molecule is C=C(CC1CCNCC1)CN1CCNCC1. The van der Waals surface area contributed by atoms with Crippen LogP contribution in [0.15, 0.2) is 12.2 Å². The highest BCUT2D eigenvalue weighted by Gasteiger charge is 2.16. The molecule has 0 aromatic rings. The van der Waals surface area contributed by atoms with Crippen molar-refractivity contribution < 1.29 is 0 Å². The predicted octanol–water partition coefficient (Wildman–Crippen LogP) is 0.838. The van der Waals surface area contributed by atoms with Gasteiger partial charge in [0.2, 0.25) is 0 Å². The van der Waals surface area contributed by atoms with Crippen molar-refractivity contribution in [3.05, 3.63) is 12.2 Å². The quantitative estimate of drug-likeness (QED) is 0.692. The summed E-state index contributed by atoms with van der Waals surface area (Å²) in [6.07, 6.45) is 3.91. The molecule has 0 bridgehead atoms. The first kappa shape index (κ1) is 12.1. The van der Waals surface area contributed by atoms with Crippen LogP contribution in [-0.2, 0) is 0 Å². The third-order valence-electron chi connectivity index (χ3n) is 3.69. The van der Waals surface area contributed by atoms with E-state index in [0.29, 0.717) is 0 Å². The van der Waals surface area contributed by atoms with E-state index in [9.17, 15) is 0 Å². The summed E-state index contributed by atoms with van der Waals surface area (Å²) in [5.41, 5.74) is 1.44. The summed E-state index contributed by atoms with van der Waals surface area (Å²) < 4.78 is 0. The molecule has 2 N–H and O–H groups in total. The van der Waals surface area contributed by atoms with E-state index in [0.717, 1.165) is 25.6 Å². The van der Waals surface area contributed by atoms with Gasteiger partial charge in [-0.3, -0.25) is 4.90 Å². The summed E-state index contributed by atoms with van der Waals surface area (Å²) in [6, 6.07) is 0. The summed E-state index contributed by atoms with van der Waals surface area (Å²) >= 11 is 0. The van der Waals surface area contributed by atoms with Gasteiger partial charge in [0.1, 0.15) is 0 Å². The summed E-state index contributed by atoms with van der Waals surface area (Å²) in [4.78, 5) is 2.53. The van der Waals surface area contributed by atoms with E-state index < -0.39 is 0 Å². The molecule has 2 aliphatic heterocycles. The van der Waals surface area contributed by atoms with Crippen LogP contribution in [0.1, 0.15) is 19.3 Å². The molecule has 0 saturated carbocycles. The van der Waals surface area contributed by atoms with Crippen LogP contribution in [0.4, 0.5) is 0 Å². The van der Waals surface area contributed by atoms with Gasteiger partial charge in [0.15, 0.2) is 0 Å². The van der Waals surface area contributed by atoms with Crippen LogP contribution in [0, 0.1) is 5.92 Å². The Morgan fingerprint density at radius 3 is 2.38 bits per heavy atom. The second-order valence-corrected chi connectivity index (χ2v) is 5.17. The van der Waals surface area contributed by atoms with Gasteiger partial charge in [0.25, 0.3) is 0 Å². The molecule has 0 spiro atoms. The van der Waals surface area contributed by atoms with E-state index in [4.69, 9.17) is 0 Å². The lowest BCUT2D eigenvalue weighted by Gasteiger charge is -2.29. The fourth-order valence-corrected chi connectivity index (χ4v) is 2.74. The van der Waals surface area contributed by atoms with Gasteiger partial charge >= 0.3 is 0 Å². The average molecular weight is 223 g/mol. The molecule has 0 radical (unpaired) electrons. The number of piperazine rings is 1. The first-order chi connectivity index (χ1) is 7.84. The van der Waals surface area contributed by atoms with Gasteiger partial charge < -0.3 is 10.6 Å². The van der Waals surface area contributed by atoms with Crippen molar-refractivity contribution in [3.8, 4) is 0 Å². The molecule has 0 amide bonds. The molecule has 0 aromatic carbocycles. The molecule has 2 aliphatic rings. The molecule has 3 nitrogen and oxygen atoms in total. The van der Waals surface area contributed by atoms with Gasteiger partial charge in [0, 0.05) is 32.7 Å². The normalized spacial score (nSPS) is 24.5. The number of nitrogens with zero attached hydrogens (tertiary/aromatic N) is 1. The van der Waals surface area contributed by atoms with Crippen LogP contribution in [0.2, 0.25) is 0 Å². The van der Waals surface area contributed by atoms with E-state index in [1.165, 1.54) is 51.0 Å². The Morgan fingerprint density at radius 2 is 1.69 bits per heavy atom. The highest BCUT2D eigenvalue weighted by Crippen LogP contribution is 2.20. The lowest BCUT2D eigenvalue weighted by atomic mass is 9.91. The highest BCUT2D eigenvalue weighted by atomic mass is 15.2. The van der Waals surface area contributed by atoms with Gasteiger partial charge in [-0.05, 0) is 38.3 Å². The number of nitrogens with one attached hydrogen (secondary N) is 2. The summed E-state index contributed by atoms with van der Waals surface area (Å²) in [6.45, 7) is 12.4. The second-order valence-electron chi connectivity index (χ2n) is 5.17. The number of hydrogen-bond donors (Lipinski definition) is 2. The highest BCUT2D eigenvalue weighted by molar-refractivity contribution is 5.00. The Hall–Kier alpha value is -0.380. The molecule has 0 aliphatic carbocycles. The fourth-order valence-electron chi connectivity index (χ4n) is 2.74. The van der Waals surface area contributed by atoms with E-state index in [-0.39, 0.29) is 0 Å². The molecule has 0 unspecified atom stereocenters. The average Bonchev–Trinajstić information content (AvgIpc) is 2.31. The van der Waals surface area contributed by atoms with Crippen LogP contribution < -0.4 is 10.6 Å². The maximum atomic E-state index is 4.26. The van der Waals surface area contributed by atoms with Crippen molar-refractivity contribution in [2.24, 2.45) is 5.92 Å². The van der Waals surface area contributed by atoms with Gasteiger partial charge in [0.05, 0.1) is 0 Å². The molecule has 2 heterocycles. The zero-order valence-corrected chi connectivity index (χ0v) is 10.3. The van der Waals surface area contributed by atoms with E-state index in [1.807, 2.05) is 0 Å². The predicted molar refractivity (Wildman–Crippen MR) is 68.7 cm³/mol. The number of piperidine rings is 1. The maximum absolute atomic E-state index is 4.26.